The van der Waals surface area contributed by atoms with Crippen LogP contribution in [0.15, 0.2) is 42.5 Å². The van der Waals surface area contributed by atoms with E-state index in [1.165, 1.54) is 12.1 Å². The summed E-state index contributed by atoms with van der Waals surface area (Å²) in [5.41, 5.74) is 1.44. The van der Waals surface area contributed by atoms with E-state index in [1.54, 1.807) is 35.2 Å². The van der Waals surface area contributed by atoms with Crippen molar-refractivity contribution in [1.29, 1.82) is 0 Å². The summed E-state index contributed by atoms with van der Waals surface area (Å²) >= 11 is 0. The normalized spacial score (nSPS) is 18.0. The third-order valence-electron chi connectivity index (χ3n) is 5.98. The maximum atomic E-state index is 13.4. The molecule has 1 saturated carbocycles. The van der Waals surface area contributed by atoms with Gasteiger partial charge in [-0.25, -0.2) is 9.37 Å². The van der Waals surface area contributed by atoms with Gasteiger partial charge in [-0.15, -0.1) is 0 Å². The summed E-state index contributed by atoms with van der Waals surface area (Å²) in [7, 11) is 0. The van der Waals surface area contributed by atoms with Crippen LogP contribution in [0.1, 0.15) is 71.1 Å². The molecule has 1 aliphatic heterocycles. The van der Waals surface area contributed by atoms with Gasteiger partial charge in [0, 0.05) is 13.1 Å². The van der Waals surface area contributed by atoms with E-state index in [0.29, 0.717) is 11.6 Å². The number of hydrogen-bond acceptors (Lipinski definition) is 3. The third-order valence-corrected chi connectivity index (χ3v) is 5.98. The van der Waals surface area contributed by atoms with Crippen LogP contribution < -0.4 is 5.32 Å². The van der Waals surface area contributed by atoms with E-state index in [2.05, 4.69) is 10.3 Å². The lowest BCUT2D eigenvalue weighted by molar-refractivity contribution is 0.0786. The number of benzene rings is 1. The van der Waals surface area contributed by atoms with E-state index < -0.39 is 0 Å². The first-order valence-electron chi connectivity index (χ1n) is 10.4. The minimum absolute atomic E-state index is 0.122. The lowest BCUT2D eigenvalue weighted by atomic mass is 9.91. The highest BCUT2D eigenvalue weighted by Gasteiger charge is 2.29. The van der Waals surface area contributed by atoms with Crippen molar-refractivity contribution in [2.24, 2.45) is 5.92 Å². The third kappa shape index (κ3) is 4.47. The number of likely N-dealkylation sites (tertiary alicyclic amines) is 1. The minimum Gasteiger partial charge on any atom is -0.344 e. The predicted octanol–water partition coefficient (Wildman–Crippen LogP) is 4.12. The van der Waals surface area contributed by atoms with E-state index in [0.717, 1.165) is 57.2 Å². The zero-order chi connectivity index (χ0) is 20.2. The quantitative estimate of drug-likeness (QED) is 0.828. The van der Waals surface area contributed by atoms with Crippen LogP contribution in [0.2, 0.25) is 0 Å². The van der Waals surface area contributed by atoms with E-state index in [4.69, 9.17) is 0 Å². The zero-order valence-electron chi connectivity index (χ0n) is 16.4. The first-order chi connectivity index (χ1) is 14.1. The van der Waals surface area contributed by atoms with Crippen molar-refractivity contribution < 1.29 is 14.0 Å². The SMILES string of the molecule is O=C(NC(c1ccc(F)cc1)C1CCCC1)c1cccc(C(=O)N2CCCC2)n1. The topological polar surface area (TPSA) is 62.3 Å². The molecule has 29 heavy (non-hydrogen) atoms. The molecule has 4 rings (SSSR count). The lowest BCUT2D eigenvalue weighted by Gasteiger charge is -2.25. The average Bonchev–Trinajstić information content (AvgIpc) is 3.46. The molecular formula is C23H26FN3O2. The molecule has 5 nitrogen and oxygen atoms in total. The van der Waals surface area contributed by atoms with Crippen LogP contribution in [0.3, 0.4) is 0 Å². The van der Waals surface area contributed by atoms with Gasteiger partial charge in [-0.3, -0.25) is 9.59 Å². The van der Waals surface area contributed by atoms with Gasteiger partial charge in [0.05, 0.1) is 6.04 Å². The minimum atomic E-state index is -0.303. The molecule has 152 valence electrons. The Kier molecular flexibility index (Phi) is 5.88. The van der Waals surface area contributed by atoms with Crippen molar-refractivity contribution in [2.45, 2.75) is 44.6 Å². The summed E-state index contributed by atoms with van der Waals surface area (Å²) in [5, 5.41) is 3.10. The van der Waals surface area contributed by atoms with Gasteiger partial charge < -0.3 is 10.2 Å². The Hall–Kier alpha value is -2.76. The fourth-order valence-corrected chi connectivity index (χ4v) is 4.41. The summed E-state index contributed by atoms with van der Waals surface area (Å²) in [4.78, 5) is 31.7. The molecule has 0 bridgehead atoms. The molecule has 2 heterocycles. The van der Waals surface area contributed by atoms with Crippen molar-refractivity contribution >= 4 is 11.8 Å². The maximum Gasteiger partial charge on any atom is 0.272 e. The van der Waals surface area contributed by atoms with Crippen LogP contribution in [0.4, 0.5) is 4.39 Å². The molecule has 2 aromatic rings. The second-order valence-corrected chi connectivity index (χ2v) is 7.95. The Balaban J connectivity index is 1.53. The van der Waals surface area contributed by atoms with Crippen LogP contribution in [0.25, 0.3) is 0 Å². The molecule has 1 aliphatic carbocycles. The summed E-state index contributed by atoms with van der Waals surface area (Å²) in [6.45, 7) is 1.48. The number of pyridine rings is 1. The number of amides is 2. The summed E-state index contributed by atoms with van der Waals surface area (Å²) < 4.78 is 13.4. The molecule has 1 N–H and O–H groups in total. The molecule has 0 spiro atoms. The Morgan fingerprint density at radius 3 is 2.31 bits per heavy atom. The van der Waals surface area contributed by atoms with Crippen molar-refractivity contribution in [2.75, 3.05) is 13.1 Å². The molecule has 1 saturated heterocycles. The highest BCUT2D eigenvalue weighted by molar-refractivity contribution is 5.96. The second kappa shape index (κ2) is 8.72. The van der Waals surface area contributed by atoms with Gasteiger partial charge in [-0.2, -0.15) is 0 Å². The Morgan fingerprint density at radius 1 is 0.966 bits per heavy atom. The van der Waals surface area contributed by atoms with Crippen LogP contribution in [-0.4, -0.2) is 34.8 Å². The fourth-order valence-electron chi connectivity index (χ4n) is 4.41. The van der Waals surface area contributed by atoms with Crippen molar-refractivity contribution in [1.82, 2.24) is 15.2 Å². The molecule has 0 radical (unpaired) electrons. The van der Waals surface area contributed by atoms with Crippen LogP contribution in [0, 0.1) is 11.7 Å². The van der Waals surface area contributed by atoms with Crippen molar-refractivity contribution in [3.63, 3.8) is 0 Å². The van der Waals surface area contributed by atoms with Crippen LogP contribution in [-0.2, 0) is 0 Å². The highest BCUT2D eigenvalue weighted by Crippen LogP contribution is 2.36. The molecule has 2 aliphatic rings. The Bertz CT molecular complexity index is 872. The summed E-state index contributed by atoms with van der Waals surface area (Å²) in [5.74, 6) is -0.399. The van der Waals surface area contributed by atoms with Gasteiger partial charge in [0.1, 0.15) is 17.2 Å². The molecule has 6 heteroatoms. The maximum absolute atomic E-state index is 13.4. The standard InChI is InChI=1S/C23H26FN3O2/c24-18-12-10-17(11-13-18)21(16-6-1-2-7-16)26-22(28)19-8-5-9-20(25-19)23(29)27-14-3-4-15-27/h5,8-13,16,21H,1-4,6-7,14-15H2,(H,26,28). The molecule has 1 aromatic carbocycles. The number of carbonyl (C=O) groups is 2. The van der Waals surface area contributed by atoms with Crippen molar-refractivity contribution in [3.05, 3.63) is 65.2 Å². The van der Waals surface area contributed by atoms with Gasteiger partial charge in [0.2, 0.25) is 0 Å². The number of halogens is 1. The molecule has 2 amide bonds. The van der Waals surface area contributed by atoms with E-state index >= 15 is 0 Å². The monoisotopic (exact) mass is 395 g/mol. The highest BCUT2D eigenvalue weighted by atomic mass is 19.1. The number of nitrogens with zero attached hydrogens (tertiary/aromatic N) is 2. The smallest absolute Gasteiger partial charge is 0.272 e. The van der Waals surface area contributed by atoms with Crippen molar-refractivity contribution in [3.8, 4) is 0 Å². The molecule has 1 aromatic heterocycles. The number of aromatic nitrogens is 1. The number of nitrogens with one attached hydrogen (secondary N) is 1. The first kappa shape index (κ1) is 19.6. The van der Waals surface area contributed by atoms with Gasteiger partial charge in [0.25, 0.3) is 11.8 Å². The molecule has 2 fully saturated rings. The summed E-state index contributed by atoms with van der Waals surface area (Å²) in [6.07, 6.45) is 6.35. The van der Waals surface area contributed by atoms with E-state index in [9.17, 15) is 14.0 Å². The largest absolute Gasteiger partial charge is 0.344 e. The number of hydrogen-bond donors (Lipinski definition) is 1. The summed E-state index contributed by atoms with van der Waals surface area (Å²) in [6, 6.07) is 11.1. The zero-order valence-corrected chi connectivity index (χ0v) is 16.4. The number of rotatable bonds is 5. The van der Waals surface area contributed by atoms with E-state index in [1.807, 2.05) is 0 Å². The van der Waals surface area contributed by atoms with Gasteiger partial charge >= 0.3 is 0 Å². The molecule has 1 atom stereocenters. The van der Waals surface area contributed by atoms with Gasteiger partial charge in [-0.1, -0.05) is 31.0 Å². The molecule has 1 unspecified atom stereocenters. The average molecular weight is 395 g/mol. The Morgan fingerprint density at radius 2 is 1.62 bits per heavy atom. The Labute approximate surface area is 170 Å². The van der Waals surface area contributed by atoms with Gasteiger partial charge in [-0.05, 0) is 61.4 Å². The second-order valence-electron chi connectivity index (χ2n) is 7.95. The number of carbonyl (C=O) groups excluding carboxylic acids is 2. The predicted molar refractivity (Wildman–Crippen MR) is 108 cm³/mol. The van der Waals surface area contributed by atoms with Gasteiger partial charge in [0.15, 0.2) is 0 Å². The molecular weight excluding hydrogens is 369 g/mol. The van der Waals surface area contributed by atoms with E-state index in [-0.39, 0.29) is 29.4 Å². The van der Waals surface area contributed by atoms with Crippen LogP contribution >= 0.6 is 0 Å². The van der Waals surface area contributed by atoms with Crippen LogP contribution in [0.5, 0.6) is 0 Å². The lowest BCUT2D eigenvalue weighted by Crippen LogP contribution is -2.34. The first-order valence-corrected chi connectivity index (χ1v) is 10.4. The fraction of sp³-hybridized carbons (Fsp3) is 0.435.